The normalized spacial score (nSPS) is 11.2. The number of nitrogens with one attached hydrogen (secondary N) is 2. The van der Waals surface area contributed by atoms with Crippen LogP contribution in [0.4, 0.5) is 0 Å². The fraction of sp³-hybridized carbons (Fsp3) is 0.0714. The number of hydrogen-bond acceptors (Lipinski definition) is 5. The number of aryl methyl sites for hydroxylation is 1. The maximum absolute atomic E-state index is 11.2. The van der Waals surface area contributed by atoms with Gasteiger partial charge in [0.05, 0.1) is 11.8 Å². The zero-order chi connectivity index (χ0) is 16.4. The van der Waals surface area contributed by atoms with Crippen LogP contribution in [0.15, 0.2) is 35.4 Å². The van der Waals surface area contributed by atoms with E-state index in [1.807, 2.05) is 13.0 Å². The van der Waals surface area contributed by atoms with Gasteiger partial charge in [0.15, 0.2) is 0 Å². The molecule has 116 valence electrons. The van der Waals surface area contributed by atoms with E-state index in [0.29, 0.717) is 17.1 Å². The lowest BCUT2D eigenvalue weighted by Crippen LogP contribution is -2.02. The molecule has 0 amide bonds. The van der Waals surface area contributed by atoms with E-state index in [1.54, 1.807) is 18.2 Å². The van der Waals surface area contributed by atoms with E-state index in [9.17, 15) is 9.90 Å². The van der Waals surface area contributed by atoms with Crippen LogP contribution in [0.1, 0.15) is 21.6 Å². The number of aromatic nitrogens is 5. The highest BCUT2D eigenvalue weighted by molar-refractivity contribution is 7.71. The van der Waals surface area contributed by atoms with Gasteiger partial charge in [0, 0.05) is 11.3 Å². The molecular formula is C14H12N6O2S. The molecule has 0 saturated heterocycles. The molecule has 2 heterocycles. The molecule has 0 aliphatic rings. The van der Waals surface area contributed by atoms with Crippen LogP contribution in [-0.2, 0) is 0 Å². The van der Waals surface area contributed by atoms with Gasteiger partial charge in [-0.25, -0.2) is 9.89 Å². The van der Waals surface area contributed by atoms with E-state index >= 15 is 0 Å². The van der Waals surface area contributed by atoms with Gasteiger partial charge in [0.2, 0.25) is 10.6 Å². The van der Waals surface area contributed by atoms with Crippen LogP contribution >= 0.6 is 12.2 Å². The Bertz CT molecular complexity index is 952. The first kappa shape index (κ1) is 14.9. The molecule has 3 N–H and O–H groups in total. The van der Waals surface area contributed by atoms with Crippen LogP contribution in [0.5, 0.6) is 0 Å². The van der Waals surface area contributed by atoms with Crippen LogP contribution in [-0.4, -0.2) is 42.4 Å². The zero-order valence-electron chi connectivity index (χ0n) is 12.0. The summed E-state index contributed by atoms with van der Waals surface area (Å²) in [6.07, 6.45) is 1.43. The van der Waals surface area contributed by atoms with Crippen LogP contribution in [0.3, 0.4) is 0 Å². The number of carbonyl (C=O) groups is 1. The molecule has 2 aromatic heterocycles. The molecule has 23 heavy (non-hydrogen) atoms. The molecule has 0 radical (unpaired) electrons. The highest BCUT2D eigenvalue weighted by Gasteiger charge is 2.12. The van der Waals surface area contributed by atoms with Crippen molar-refractivity contribution in [3.8, 4) is 11.5 Å². The summed E-state index contributed by atoms with van der Waals surface area (Å²) in [5.41, 5.74) is 2.08. The minimum absolute atomic E-state index is 0.156. The Morgan fingerprint density at radius 2 is 2.13 bits per heavy atom. The fourth-order valence-corrected chi connectivity index (χ4v) is 2.20. The fourth-order valence-electron chi connectivity index (χ4n) is 2.02. The molecule has 9 heteroatoms. The largest absolute Gasteiger partial charge is 0.478 e. The number of benzene rings is 1. The minimum atomic E-state index is -1.02. The Balaban J connectivity index is 2.03. The lowest BCUT2D eigenvalue weighted by Gasteiger charge is -2.00. The van der Waals surface area contributed by atoms with Gasteiger partial charge < -0.3 is 5.11 Å². The molecule has 3 aromatic rings. The van der Waals surface area contributed by atoms with Crippen molar-refractivity contribution in [1.82, 2.24) is 25.1 Å². The molecule has 0 saturated carbocycles. The number of nitrogens with zero attached hydrogens (tertiary/aromatic N) is 4. The van der Waals surface area contributed by atoms with Crippen molar-refractivity contribution in [2.45, 2.75) is 6.92 Å². The van der Waals surface area contributed by atoms with Crippen molar-refractivity contribution in [3.05, 3.63) is 51.9 Å². The van der Waals surface area contributed by atoms with E-state index in [4.69, 9.17) is 12.2 Å². The van der Waals surface area contributed by atoms with E-state index in [0.717, 1.165) is 5.69 Å². The van der Waals surface area contributed by atoms with Gasteiger partial charge in [0.25, 0.3) is 0 Å². The molecule has 0 atom stereocenters. The Hall–Kier alpha value is -3.07. The smallest absolute Gasteiger partial charge is 0.336 e. The molecule has 0 unspecified atom stereocenters. The first-order valence-electron chi connectivity index (χ1n) is 6.63. The van der Waals surface area contributed by atoms with Gasteiger partial charge in [-0.3, -0.25) is 5.10 Å². The van der Waals surface area contributed by atoms with Gasteiger partial charge >= 0.3 is 5.97 Å². The lowest BCUT2D eigenvalue weighted by molar-refractivity contribution is 0.0697. The minimum Gasteiger partial charge on any atom is -0.478 e. The van der Waals surface area contributed by atoms with Crippen LogP contribution < -0.4 is 0 Å². The number of hydrogen-bond donors (Lipinski definition) is 3. The summed E-state index contributed by atoms with van der Waals surface area (Å²) in [4.78, 5) is 11.2. The number of aromatic carboxylic acids is 1. The average molecular weight is 328 g/mol. The van der Waals surface area contributed by atoms with E-state index in [1.165, 1.54) is 17.0 Å². The highest BCUT2D eigenvalue weighted by Crippen LogP contribution is 2.15. The molecule has 1 aromatic carbocycles. The van der Waals surface area contributed by atoms with E-state index in [-0.39, 0.29) is 10.3 Å². The zero-order valence-corrected chi connectivity index (χ0v) is 12.8. The van der Waals surface area contributed by atoms with Crippen LogP contribution in [0.2, 0.25) is 0 Å². The Morgan fingerprint density at radius 3 is 2.83 bits per heavy atom. The second-order valence-corrected chi connectivity index (χ2v) is 5.12. The summed E-state index contributed by atoms with van der Waals surface area (Å²) in [7, 11) is 0. The highest BCUT2D eigenvalue weighted by atomic mass is 32.1. The number of aromatic amines is 2. The molecule has 0 aliphatic carbocycles. The summed E-state index contributed by atoms with van der Waals surface area (Å²) in [6, 6.07) is 8.37. The van der Waals surface area contributed by atoms with Crippen LogP contribution in [0.25, 0.3) is 11.5 Å². The Labute approximate surface area is 135 Å². The van der Waals surface area contributed by atoms with Crippen molar-refractivity contribution in [2.75, 3.05) is 0 Å². The second-order valence-electron chi connectivity index (χ2n) is 4.74. The van der Waals surface area contributed by atoms with Crippen molar-refractivity contribution in [3.63, 3.8) is 0 Å². The molecular weight excluding hydrogens is 316 g/mol. The molecule has 3 rings (SSSR count). The first-order valence-corrected chi connectivity index (χ1v) is 7.03. The average Bonchev–Trinajstić information content (AvgIpc) is 3.11. The van der Waals surface area contributed by atoms with Crippen LogP contribution in [0, 0.1) is 11.7 Å². The summed E-state index contributed by atoms with van der Waals surface area (Å²) < 4.78 is 1.67. The standard InChI is InChI=1S/C14H12N6O2S/c1-8-6-11(17-16-8)12-18-19-14(23)20(12)15-7-9-4-2-3-5-10(9)13(21)22/h2-7H,1H3,(H,16,17)(H,19,23)(H,21,22)/b15-7+. The van der Waals surface area contributed by atoms with Crippen molar-refractivity contribution in [2.24, 2.45) is 5.10 Å². The maximum Gasteiger partial charge on any atom is 0.336 e. The van der Waals surface area contributed by atoms with Gasteiger partial charge in [-0.05, 0) is 31.3 Å². The summed E-state index contributed by atoms with van der Waals surface area (Å²) in [5.74, 6) is -0.589. The summed E-state index contributed by atoms with van der Waals surface area (Å²) in [6.45, 7) is 1.87. The summed E-state index contributed by atoms with van der Waals surface area (Å²) >= 11 is 5.16. The van der Waals surface area contributed by atoms with Crippen molar-refractivity contribution in [1.29, 1.82) is 0 Å². The van der Waals surface area contributed by atoms with Gasteiger partial charge in [-0.2, -0.15) is 20.0 Å². The predicted molar refractivity (Wildman–Crippen MR) is 86.1 cm³/mol. The van der Waals surface area contributed by atoms with Crippen molar-refractivity contribution >= 4 is 24.4 Å². The third kappa shape index (κ3) is 2.94. The first-order chi connectivity index (χ1) is 11.1. The third-order valence-electron chi connectivity index (χ3n) is 3.09. The molecule has 0 spiro atoms. The third-order valence-corrected chi connectivity index (χ3v) is 3.35. The Kier molecular flexibility index (Phi) is 3.85. The second kappa shape index (κ2) is 5.97. The molecule has 0 bridgehead atoms. The van der Waals surface area contributed by atoms with E-state index < -0.39 is 5.97 Å². The number of rotatable bonds is 4. The van der Waals surface area contributed by atoms with Gasteiger partial charge in [0.1, 0.15) is 5.69 Å². The number of H-pyrrole nitrogens is 2. The quantitative estimate of drug-likeness (QED) is 0.502. The molecule has 0 fully saturated rings. The SMILES string of the molecule is Cc1cc(-c2n[nH]c(=S)n2/N=C/c2ccccc2C(=O)O)n[nH]1. The molecule has 8 nitrogen and oxygen atoms in total. The molecule has 0 aliphatic heterocycles. The summed E-state index contributed by atoms with van der Waals surface area (Å²) in [5, 5.41) is 27.1. The number of carboxylic acid groups (broad SMARTS) is 1. The maximum atomic E-state index is 11.2. The topological polar surface area (TPSA) is 112 Å². The Morgan fingerprint density at radius 1 is 1.35 bits per heavy atom. The van der Waals surface area contributed by atoms with Gasteiger partial charge in [-0.1, -0.05) is 18.2 Å². The predicted octanol–water partition coefficient (Wildman–Crippen LogP) is 2.22. The van der Waals surface area contributed by atoms with Gasteiger partial charge in [-0.15, -0.1) is 0 Å². The monoisotopic (exact) mass is 328 g/mol. The van der Waals surface area contributed by atoms with E-state index in [2.05, 4.69) is 25.5 Å². The van der Waals surface area contributed by atoms with Crippen molar-refractivity contribution < 1.29 is 9.90 Å². The lowest BCUT2D eigenvalue weighted by atomic mass is 10.1. The number of carboxylic acids is 1.